The summed E-state index contributed by atoms with van der Waals surface area (Å²) in [4.78, 5) is 21.8. The van der Waals surface area contributed by atoms with Gasteiger partial charge in [-0.1, -0.05) is 42.5 Å². The normalized spacial score (nSPS) is 11.6. The maximum absolute atomic E-state index is 12.2. The third-order valence-electron chi connectivity index (χ3n) is 3.69. The van der Waals surface area contributed by atoms with Crippen LogP contribution in [0.5, 0.6) is 0 Å². The van der Waals surface area contributed by atoms with E-state index in [-0.39, 0.29) is 24.8 Å². The topological polar surface area (TPSA) is 90.3 Å². The fourth-order valence-corrected chi connectivity index (χ4v) is 3.29. The molecule has 0 saturated carbocycles. The van der Waals surface area contributed by atoms with E-state index in [1.54, 1.807) is 16.7 Å². The fourth-order valence-electron chi connectivity index (χ4n) is 2.60. The monoisotopic (exact) mass is 373 g/mol. The number of hydrogen-bond donors (Lipinski definition) is 1. The molecule has 0 radical (unpaired) electrons. The van der Waals surface area contributed by atoms with Crippen LogP contribution in [0.4, 0.5) is 0 Å². The number of sulfone groups is 1. The summed E-state index contributed by atoms with van der Waals surface area (Å²) in [6.45, 7) is 0.160. The van der Waals surface area contributed by atoms with E-state index in [2.05, 4.69) is 10.5 Å². The Labute approximate surface area is 151 Å². The summed E-state index contributed by atoms with van der Waals surface area (Å²) in [6, 6.07) is 16.6. The van der Waals surface area contributed by atoms with Gasteiger partial charge in [0.2, 0.25) is 0 Å². The van der Waals surface area contributed by atoms with Crippen molar-refractivity contribution in [3.8, 4) is 0 Å². The van der Waals surface area contributed by atoms with Gasteiger partial charge in [0, 0.05) is 6.26 Å². The standard InChI is InChI=1S/C18H19N3O4S/c1-26(23,24)13-17-19-15-9-5-6-10-16(15)21(17)11-18(22)20-25-12-14-7-3-2-4-8-14/h2-10H,11-13H2,1H3,(H,20,22). The van der Waals surface area contributed by atoms with Crippen LogP contribution in [-0.2, 0) is 38.4 Å². The highest BCUT2D eigenvalue weighted by atomic mass is 32.2. The minimum atomic E-state index is -3.28. The quantitative estimate of drug-likeness (QED) is 0.638. The molecule has 7 nitrogen and oxygen atoms in total. The third-order valence-corrected chi connectivity index (χ3v) is 4.48. The number of aromatic nitrogens is 2. The van der Waals surface area contributed by atoms with Gasteiger partial charge in [-0.25, -0.2) is 18.9 Å². The highest BCUT2D eigenvalue weighted by Gasteiger charge is 2.17. The molecule has 136 valence electrons. The van der Waals surface area contributed by atoms with Gasteiger partial charge in [-0.05, 0) is 17.7 Å². The van der Waals surface area contributed by atoms with Crippen LogP contribution in [0.3, 0.4) is 0 Å². The van der Waals surface area contributed by atoms with Crippen LogP contribution in [0.15, 0.2) is 54.6 Å². The number of carbonyl (C=O) groups is 1. The first-order valence-electron chi connectivity index (χ1n) is 7.99. The number of imidazole rings is 1. The molecule has 0 saturated heterocycles. The van der Waals surface area contributed by atoms with Gasteiger partial charge in [0.15, 0.2) is 9.84 Å². The second-order valence-electron chi connectivity index (χ2n) is 5.97. The Morgan fingerprint density at radius 1 is 1.12 bits per heavy atom. The molecule has 1 aromatic heterocycles. The van der Waals surface area contributed by atoms with Crippen molar-refractivity contribution in [2.75, 3.05) is 6.26 Å². The summed E-state index contributed by atoms with van der Waals surface area (Å²) in [6.07, 6.45) is 1.14. The van der Waals surface area contributed by atoms with Crippen molar-refractivity contribution in [1.29, 1.82) is 0 Å². The van der Waals surface area contributed by atoms with Gasteiger partial charge in [0.1, 0.15) is 18.1 Å². The number of benzene rings is 2. The van der Waals surface area contributed by atoms with E-state index in [1.165, 1.54) is 0 Å². The number of para-hydroxylation sites is 2. The summed E-state index contributed by atoms with van der Waals surface area (Å²) < 4.78 is 24.9. The van der Waals surface area contributed by atoms with Crippen LogP contribution >= 0.6 is 0 Å². The number of fused-ring (bicyclic) bond motifs is 1. The molecule has 0 unspecified atom stereocenters. The molecule has 0 fully saturated rings. The molecule has 26 heavy (non-hydrogen) atoms. The van der Waals surface area contributed by atoms with E-state index < -0.39 is 9.84 Å². The summed E-state index contributed by atoms with van der Waals surface area (Å²) in [5.41, 5.74) is 4.66. The van der Waals surface area contributed by atoms with Crippen LogP contribution in [0.25, 0.3) is 11.0 Å². The second kappa shape index (κ2) is 7.67. The highest BCUT2D eigenvalue weighted by molar-refractivity contribution is 7.89. The van der Waals surface area contributed by atoms with Gasteiger partial charge < -0.3 is 4.57 Å². The number of hydroxylamine groups is 1. The van der Waals surface area contributed by atoms with Crippen molar-refractivity contribution in [2.45, 2.75) is 18.9 Å². The smallest absolute Gasteiger partial charge is 0.263 e. The Bertz CT molecular complexity index is 1010. The molecule has 0 spiro atoms. The molecular formula is C18H19N3O4S. The van der Waals surface area contributed by atoms with Crippen molar-refractivity contribution in [3.63, 3.8) is 0 Å². The van der Waals surface area contributed by atoms with E-state index in [9.17, 15) is 13.2 Å². The number of carbonyl (C=O) groups excluding carboxylic acids is 1. The molecule has 0 atom stereocenters. The van der Waals surface area contributed by atoms with Crippen LogP contribution < -0.4 is 5.48 Å². The Hall–Kier alpha value is -2.71. The van der Waals surface area contributed by atoms with E-state index in [4.69, 9.17) is 4.84 Å². The molecule has 3 rings (SSSR count). The molecule has 1 N–H and O–H groups in total. The summed E-state index contributed by atoms with van der Waals surface area (Å²) >= 11 is 0. The lowest BCUT2D eigenvalue weighted by molar-refractivity contribution is -0.135. The van der Waals surface area contributed by atoms with Gasteiger partial charge in [-0.3, -0.25) is 9.63 Å². The number of nitrogens with zero attached hydrogens (tertiary/aromatic N) is 2. The predicted octanol–water partition coefficient (Wildman–Crippen LogP) is 1.83. The Morgan fingerprint density at radius 2 is 1.81 bits per heavy atom. The Morgan fingerprint density at radius 3 is 2.54 bits per heavy atom. The molecule has 0 bridgehead atoms. The lowest BCUT2D eigenvalue weighted by Gasteiger charge is -2.10. The fraction of sp³-hybridized carbons (Fsp3) is 0.222. The van der Waals surface area contributed by atoms with Crippen LogP contribution in [0.2, 0.25) is 0 Å². The minimum absolute atomic E-state index is 0.0832. The lowest BCUT2D eigenvalue weighted by Crippen LogP contribution is -2.28. The zero-order valence-electron chi connectivity index (χ0n) is 14.3. The average molecular weight is 373 g/mol. The zero-order valence-corrected chi connectivity index (χ0v) is 15.1. The van der Waals surface area contributed by atoms with Crippen molar-refractivity contribution in [1.82, 2.24) is 15.0 Å². The van der Waals surface area contributed by atoms with Crippen molar-refractivity contribution in [3.05, 3.63) is 66.0 Å². The predicted molar refractivity (Wildman–Crippen MR) is 97.7 cm³/mol. The van der Waals surface area contributed by atoms with Gasteiger partial charge in [-0.2, -0.15) is 0 Å². The first-order chi connectivity index (χ1) is 12.4. The van der Waals surface area contributed by atoms with Gasteiger partial charge in [-0.15, -0.1) is 0 Å². The summed E-state index contributed by atoms with van der Waals surface area (Å²) in [5, 5.41) is 0. The molecule has 8 heteroatoms. The molecule has 3 aromatic rings. The molecule has 0 aliphatic rings. The van der Waals surface area contributed by atoms with Crippen LogP contribution in [-0.4, -0.2) is 30.1 Å². The van der Waals surface area contributed by atoms with E-state index in [0.29, 0.717) is 16.9 Å². The van der Waals surface area contributed by atoms with Crippen molar-refractivity contribution < 1.29 is 18.0 Å². The summed E-state index contributed by atoms with van der Waals surface area (Å²) in [5.74, 6) is -0.300. The number of hydrogen-bond acceptors (Lipinski definition) is 5. The first-order valence-corrected chi connectivity index (χ1v) is 10.0. The van der Waals surface area contributed by atoms with Gasteiger partial charge in [0.25, 0.3) is 5.91 Å². The average Bonchev–Trinajstić information content (AvgIpc) is 2.91. The van der Waals surface area contributed by atoms with Gasteiger partial charge >= 0.3 is 0 Å². The molecule has 2 aromatic carbocycles. The third kappa shape index (κ3) is 4.68. The van der Waals surface area contributed by atoms with Crippen molar-refractivity contribution in [2.24, 2.45) is 0 Å². The zero-order chi connectivity index (χ0) is 18.6. The second-order valence-corrected chi connectivity index (χ2v) is 8.11. The minimum Gasteiger partial charge on any atom is -0.318 e. The molecule has 0 aliphatic carbocycles. The van der Waals surface area contributed by atoms with E-state index >= 15 is 0 Å². The molecule has 1 amide bonds. The maximum Gasteiger partial charge on any atom is 0.263 e. The molecular weight excluding hydrogens is 354 g/mol. The molecule has 0 aliphatic heterocycles. The highest BCUT2D eigenvalue weighted by Crippen LogP contribution is 2.17. The van der Waals surface area contributed by atoms with Crippen LogP contribution in [0.1, 0.15) is 11.4 Å². The maximum atomic E-state index is 12.2. The number of amides is 1. The van der Waals surface area contributed by atoms with E-state index in [0.717, 1.165) is 11.8 Å². The number of rotatable bonds is 7. The van der Waals surface area contributed by atoms with Crippen molar-refractivity contribution >= 4 is 26.8 Å². The lowest BCUT2D eigenvalue weighted by atomic mass is 10.2. The summed E-state index contributed by atoms with van der Waals surface area (Å²) in [7, 11) is -3.28. The Kier molecular flexibility index (Phi) is 5.34. The SMILES string of the molecule is CS(=O)(=O)Cc1nc2ccccc2n1CC(=O)NOCc1ccccc1. The molecule has 1 heterocycles. The first kappa shape index (κ1) is 18.1. The Balaban J connectivity index is 1.72. The van der Waals surface area contributed by atoms with Gasteiger partial charge in [0.05, 0.1) is 17.6 Å². The number of nitrogens with one attached hydrogen (secondary N) is 1. The van der Waals surface area contributed by atoms with Crippen LogP contribution in [0, 0.1) is 0 Å². The largest absolute Gasteiger partial charge is 0.318 e. The van der Waals surface area contributed by atoms with E-state index in [1.807, 2.05) is 42.5 Å².